The zero-order valence-corrected chi connectivity index (χ0v) is 22.7. The van der Waals surface area contributed by atoms with Crippen molar-refractivity contribution in [1.82, 2.24) is 0 Å². The number of thioether (sulfide) groups is 1. The van der Waals surface area contributed by atoms with Crippen molar-refractivity contribution in [3.63, 3.8) is 0 Å². The van der Waals surface area contributed by atoms with E-state index in [1.165, 1.54) is 37.3 Å². The summed E-state index contributed by atoms with van der Waals surface area (Å²) in [5.41, 5.74) is 1.63. The molecule has 1 heterocycles. The number of rotatable bonds is 8. The van der Waals surface area contributed by atoms with E-state index in [1.54, 1.807) is 55.5 Å². The van der Waals surface area contributed by atoms with E-state index in [1.807, 2.05) is 6.07 Å². The van der Waals surface area contributed by atoms with Crippen LogP contribution in [0, 0.1) is 0 Å². The number of anilines is 2. The molecule has 2 N–H and O–H groups in total. The van der Waals surface area contributed by atoms with E-state index in [-0.39, 0.29) is 27.9 Å². The van der Waals surface area contributed by atoms with Gasteiger partial charge in [0.25, 0.3) is 5.91 Å². The Kier molecular flexibility index (Phi) is 8.58. The van der Waals surface area contributed by atoms with Crippen LogP contribution in [-0.4, -0.2) is 47.5 Å². The average Bonchev–Trinajstić information content (AvgIpc) is 3.23. The molecule has 1 unspecified atom stereocenters. The number of para-hydroxylation sites is 1. The van der Waals surface area contributed by atoms with Gasteiger partial charge in [0.15, 0.2) is 16.7 Å². The number of carbonyl (C=O) groups excluding carboxylic acids is 2. The number of carbonyl (C=O) groups is 3. The molecule has 0 spiro atoms. The summed E-state index contributed by atoms with van der Waals surface area (Å²) in [6.45, 7) is 1.67. The van der Waals surface area contributed by atoms with Crippen LogP contribution in [0.25, 0.3) is 6.08 Å². The van der Waals surface area contributed by atoms with Gasteiger partial charge in [-0.3, -0.25) is 14.5 Å². The minimum atomic E-state index is -1.20. The van der Waals surface area contributed by atoms with Crippen molar-refractivity contribution in [2.24, 2.45) is 4.99 Å². The second kappa shape index (κ2) is 12.1. The molecule has 0 aromatic heterocycles. The van der Waals surface area contributed by atoms with E-state index in [0.29, 0.717) is 27.9 Å². The van der Waals surface area contributed by atoms with Crippen molar-refractivity contribution < 1.29 is 29.0 Å². The Hall–Kier alpha value is -4.28. The van der Waals surface area contributed by atoms with Gasteiger partial charge in [0.05, 0.1) is 35.7 Å². The van der Waals surface area contributed by atoms with Crippen molar-refractivity contribution >= 4 is 63.8 Å². The molecule has 0 saturated heterocycles. The number of nitrogens with zero attached hydrogens (tertiary/aromatic N) is 2. The molecule has 3 aromatic carbocycles. The monoisotopic (exact) mass is 565 g/mol. The molecule has 39 heavy (non-hydrogen) atoms. The fourth-order valence-electron chi connectivity index (χ4n) is 3.70. The van der Waals surface area contributed by atoms with E-state index >= 15 is 0 Å². The third-order valence-electron chi connectivity index (χ3n) is 5.67. The lowest BCUT2D eigenvalue weighted by Crippen LogP contribution is -2.33. The predicted molar refractivity (Wildman–Crippen MR) is 153 cm³/mol. The minimum Gasteiger partial charge on any atom is -0.493 e. The van der Waals surface area contributed by atoms with Gasteiger partial charge in [-0.2, -0.15) is 0 Å². The van der Waals surface area contributed by atoms with Crippen LogP contribution in [-0.2, 0) is 9.59 Å². The first-order valence-corrected chi connectivity index (χ1v) is 12.9. The summed E-state index contributed by atoms with van der Waals surface area (Å²) in [4.78, 5) is 43.9. The smallest absolute Gasteiger partial charge is 0.337 e. The van der Waals surface area contributed by atoms with Crippen LogP contribution >= 0.6 is 23.4 Å². The lowest BCUT2D eigenvalue weighted by atomic mass is 10.1. The highest BCUT2D eigenvalue weighted by molar-refractivity contribution is 8.15. The van der Waals surface area contributed by atoms with Crippen LogP contribution in [0.1, 0.15) is 22.8 Å². The number of methoxy groups -OCH3 is 2. The molecular weight excluding hydrogens is 542 g/mol. The minimum absolute atomic E-state index is 0.0639. The molecule has 3 aromatic rings. The number of carboxylic acid groups (broad SMARTS) is 1. The molecule has 0 saturated carbocycles. The standard InChI is InChI=1S/C28H24ClN3O6S/c1-16(25(33)30-18-10-11-21(29)20(15-18)27(35)36)39-28-31-22(26(34)32(28)19-7-5-4-6-8-19)13-17-9-12-23(37-2)24(14-17)38-3/h4-16H,1-3H3,(H,30,33)(H,35,36)/b22-13+. The molecule has 1 atom stereocenters. The van der Waals surface area contributed by atoms with Crippen molar-refractivity contribution in [3.8, 4) is 11.5 Å². The first-order valence-electron chi connectivity index (χ1n) is 11.6. The first-order chi connectivity index (χ1) is 18.7. The van der Waals surface area contributed by atoms with E-state index in [9.17, 15) is 19.5 Å². The van der Waals surface area contributed by atoms with Crippen LogP contribution in [0.3, 0.4) is 0 Å². The fourth-order valence-corrected chi connectivity index (χ4v) is 4.83. The number of nitrogens with one attached hydrogen (secondary N) is 1. The quantitative estimate of drug-likeness (QED) is 0.343. The molecule has 200 valence electrons. The summed E-state index contributed by atoms with van der Waals surface area (Å²) in [7, 11) is 3.07. The highest BCUT2D eigenvalue weighted by Crippen LogP contribution is 2.33. The number of halogens is 1. The van der Waals surface area contributed by atoms with Gasteiger partial charge in [0, 0.05) is 5.69 Å². The molecule has 4 rings (SSSR count). The largest absolute Gasteiger partial charge is 0.493 e. The zero-order valence-electron chi connectivity index (χ0n) is 21.2. The second-order valence-corrected chi connectivity index (χ2v) is 9.98. The lowest BCUT2D eigenvalue weighted by molar-refractivity contribution is -0.115. The number of aromatic carboxylic acids is 1. The number of amidine groups is 1. The number of hydrogen-bond acceptors (Lipinski definition) is 7. The van der Waals surface area contributed by atoms with Gasteiger partial charge in [-0.05, 0) is 61.0 Å². The van der Waals surface area contributed by atoms with E-state index < -0.39 is 17.1 Å². The Morgan fingerprint density at radius 2 is 1.77 bits per heavy atom. The van der Waals surface area contributed by atoms with Gasteiger partial charge in [-0.1, -0.05) is 47.6 Å². The van der Waals surface area contributed by atoms with E-state index in [2.05, 4.69) is 10.3 Å². The maximum Gasteiger partial charge on any atom is 0.337 e. The Morgan fingerprint density at radius 3 is 2.44 bits per heavy atom. The number of benzene rings is 3. The van der Waals surface area contributed by atoms with Gasteiger partial charge < -0.3 is 19.9 Å². The maximum atomic E-state index is 13.5. The molecule has 0 aliphatic carbocycles. The molecule has 0 radical (unpaired) electrons. The number of carboxylic acids is 1. The first kappa shape index (κ1) is 27.7. The maximum absolute atomic E-state index is 13.5. The molecule has 0 bridgehead atoms. The van der Waals surface area contributed by atoms with Gasteiger partial charge in [0.2, 0.25) is 5.91 Å². The summed E-state index contributed by atoms with van der Waals surface area (Å²) < 4.78 is 10.6. The van der Waals surface area contributed by atoms with Crippen molar-refractivity contribution in [2.75, 3.05) is 24.4 Å². The average molecular weight is 566 g/mol. The Balaban J connectivity index is 1.61. The fraction of sp³-hybridized carbons (Fsp3) is 0.143. The topological polar surface area (TPSA) is 118 Å². The summed E-state index contributed by atoms with van der Waals surface area (Å²) in [5.74, 6) is -0.896. The molecule has 1 aliphatic rings. The van der Waals surface area contributed by atoms with Gasteiger partial charge >= 0.3 is 5.97 Å². The third kappa shape index (κ3) is 6.24. The van der Waals surface area contributed by atoms with Crippen LogP contribution in [0.2, 0.25) is 5.02 Å². The summed E-state index contributed by atoms with van der Waals surface area (Å²) in [6.07, 6.45) is 1.64. The van der Waals surface area contributed by atoms with Crippen molar-refractivity contribution in [2.45, 2.75) is 12.2 Å². The Bertz CT molecular complexity index is 1490. The van der Waals surface area contributed by atoms with Gasteiger partial charge in [0.1, 0.15) is 5.70 Å². The summed E-state index contributed by atoms with van der Waals surface area (Å²) >= 11 is 7.02. The number of ether oxygens (including phenoxy) is 2. The van der Waals surface area contributed by atoms with Gasteiger partial charge in [-0.25, -0.2) is 9.79 Å². The molecular formula is C28H24ClN3O6S. The van der Waals surface area contributed by atoms with Crippen LogP contribution in [0.5, 0.6) is 11.5 Å². The molecule has 2 amide bonds. The van der Waals surface area contributed by atoms with Crippen molar-refractivity contribution in [3.05, 3.63) is 88.6 Å². The Morgan fingerprint density at radius 1 is 1.05 bits per heavy atom. The number of amides is 2. The van der Waals surface area contributed by atoms with Gasteiger partial charge in [-0.15, -0.1) is 0 Å². The normalized spacial score (nSPS) is 14.7. The SMILES string of the molecule is COc1ccc(/C=C2/N=C(SC(C)C(=O)Nc3ccc(Cl)c(C(=O)O)c3)N(c3ccccc3)C2=O)cc1OC. The van der Waals surface area contributed by atoms with Crippen molar-refractivity contribution in [1.29, 1.82) is 0 Å². The molecule has 1 aliphatic heterocycles. The molecule has 11 heteroatoms. The second-order valence-electron chi connectivity index (χ2n) is 8.26. The summed E-state index contributed by atoms with van der Waals surface area (Å²) in [5, 5.41) is 11.7. The summed E-state index contributed by atoms with van der Waals surface area (Å²) in [6, 6.07) is 18.5. The van der Waals surface area contributed by atoms with E-state index in [0.717, 1.165) is 11.8 Å². The van der Waals surface area contributed by atoms with Crippen LogP contribution in [0.4, 0.5) is 11.4 Å². The van der Waals surface area contributed by atoms with Crippen LogP contribution < -0.4 is 19.7 Å². The third-order valence-corrected chi connectivity index (χ3v) is 7.05. The lowest BCUT2D eigenvalue weighted by Gasteiger charge is -2.20. The highest BCUT2D eigenvalue weighted by Gasteiger charge is 2.34. The molecule has 0 fully saturated rings. The van der Waals surface area contributed by atoms with Crippen LogP contribution in [0.15, 0.2) is 77.4 Å². The zero-order chi connectivity index (χ0) is 28.1. The molecule has 9 nitrogen and oxygen atoms in total. The number of hydrogen-bond donors (Lipinski definition) is 2. The highest BCUT2D eigenvalue weighted by atomic mass is 35.5. The Labute approximate surface area is 234 Å². The van der Waals surface area contributed by atoms with E-state index in [4.69, 9.17) is 21.1 Å². The number of aliphatic imine (C=N–C) groups is 1. The predicted octanol–water partition coefficient (Wildman–Crippen LogP) is 5.56.